The van der Waals surface area contributed by atoms with Gasteiger partial charge in [-0.25, -0.2) is 9.98 Å². The highest BCUT2D eigenvalue weighted by molar-refractivity contribution is 5.92. The summed E-state index contributed by atoms with van der Waals surface area (Å²) in [6.45, 7) is 5.38. The topological polar surface area (TPSA) is 72.5 Å². The lowest BCUT2D eigenvalue weighted by molar-refractivity contribution is 0.288. The second kappa shape index (κ2) is 7.34. The van der Waals surface area contributed by atoms with E-state index in [-0.39, 0.29) is 0 Å². The van der Waals surface area contributed by atoms with Crippen LogP contribution in [0.15, 0.2) is 41.5 Å². The molecule has 5 heteroatoms. The standard InChI is InChI=1S/C19H24N4O/c1-13-7-14(2)9-17(8-13)23-19(20)22-11-16-5-6-18(21-10-16)24-12-15-3-4-15/h5-10,15H,3-4,11-12H2,1-2H3,(H3,20,22,23). The molecule has 24 heavy (non-hydrogen) atoms. The number of aliphatic imine (C=N–C) groups is 1. The van der Waals surface area contributed by atoms with Crippen molar-refractivity contribution in [3.8, 4) is 5.88 Å². The van der Waals surface area contributed by atoms with Gasteiger partial charge >= 0.3 is 0 Å². The Morgan fingerprint density at radius 2 is 2.00 bits per heavy atom. The molecule has 5 nitrogen and oxygen atoms in total. The van der Waals surface area contributed by atoms with Gasteiger partial charge in [0, 0.05) is 18.0 Å². The van der Waals surface area contributed by atoms with Crippen molar-refractivity contribution in [2.45, 2.75) is 33.2 Å². The first kappa shape index (κ1) is 16.3. The molecule has 0 amide bonds. The Morgan fingerprint density at radius 3 is 2.62 bits per heavy atom. The number of rotatable bonds is 6. The minimum Gasteiger partial charge on any atom is -0.477 e. The highest BCUT2D eigenvalue weighted by atomic mass is 16.5. The fraction of sp³-hybridized carbons (Fsp3) is 0.368. The molecule has 1 fully saturated rings. The van der Waals surface area contributed by atoms with Gasteiger partial charge in [-0.1, -0.05) is 12.1 Å². The third-order valence-electron chi connectivity index (χ3n) is 3.89. The van der Waals surface area contributed by atoms with Gasteiger partial charge in [0.05, 0.1) is 13.2 Å². The van der Waals surface area contributed by atoms with Crippen molar-refractivity contribution in [2.24, 2.45) is 16.6 Å². The predicted molar refractivity (Wildman–Crippen MR) is 97.3 cm³/mol. The van der Waals surface area contributed by atoms with Gasteiger partial charge in [-0.3, -0.25) is 0 Å². The van der Waals surface area contributed by atoms with Crippen LogP contribution < -0.4 is 15.8 Å². The summed E-state index contributed by atoms with van der Waals surface area (Å²) in [4.78, 5) is 8.68. The van der Waals surface area contributed by atoms with E-state index in [1.54, 1.807) is 6.20 Å². The molecule has 0 saturated heterocycles. The maximum Gasteiger partial charge on any atom is 0.213 e. The highest BCUT2D eigenvalue weighted by Crippen LogP contribution is 2.29. The quantitative estimate of drug-likeness (QED) is 0.631. The van der Waals surface area contributed by atoms with Gasteiger partial charge in [-0.2, -0.15) is 0 Å². The molecule has 0 atom stereocenters. The van der Waals surface area contributed by atoms with Gasteiger partial charge in [0.15, 0.2) is 5.96 Å². The zero-order valence-electron chi connectivity index (χ0n) is 14.2. The molecular weight excluding hydrogens is 300 g/mol. The van der Waals surface area contributed by atoms with Crippen molar-refractivity contribution < 1.29 is 4.74 Å². The Kier molecular flexibility index (Phi) is 4.99. The number of hydrogen-bond acceptors (Lipinski definition) is 3. The molecule has 3 N–H and O–H groups in total. The van der Waals surface area contributed by atoms with Crippen molar-refractivity contribution in [3.05, 3.63) is 53.2 Å². The van der Waals surface area contributed by atoms with Gasteiger partial charge in [-0.15, -0.1) is 0 Å². The number of aromatic nitrogens is 1. The molecule has 1 heterocycles. The predicted octanol–water partition coefficient (Wildman–Crippen LogP) is 3.41. The highest BCUT2D eigenvalue weighted by Gasteiger charge is 2.21. The van der Waals surface area contributed by atoms with Crippen molar-refractivity contribution in [1.29, 1.82) is 0 Å². The maximum atomic E-state index is 5.97. The Hall–Kier alpha value is -2.56. The zero-order valence-corrected chi connectivity index (χ0v) is 14.2. The first-order valence-corrected chi connectivity index (χ1v) is 8.31. The lowest BCUT2D eigenvalue weighted by Crippen LogP contribution is -2.22. The van der Waals surface area contributed by atoms with E-state index in [0.29, 0.717) is 18.4 Å². The number of aryl methyl sites for hydroxylation is 2. The number of hydrogen-bond donors (Lipinski definition) is 2. The monoisotopic (exact) mass is 324 g/mol. The molecule has 3 rings (SSSR count). The molecule has 1 aliphatic rings. The van der Waals surface area contributed by atoms with E-state index >= 15 is 0 Å². The van der Waals surface area contributed by atoms with Crippen LogP contribution in [0.5, 0.6) is 5.88 Å². The molecule has 1 aromatic heterocycles. The number of nitrogens with zero attached hydrogens (tertiary/aromatic N) is 2. The largest absolute Gasteiger partial charge is 0.477 e. The third-order valence-corrected chi connectivity index (χ3v) is 3.89. The van der Waals surface area contributed by atoms with Crippen LogP contribution in [0.3, 0.4) is 0 Å². The molecule has 0 unspecified atom stereocenters. The van der Waals surface area contributed by atoms with Crippen LogP contribution in [0.1, 0.15) is 29.5 Å². The van der Waals surface area contributed by atoms with Gasteiger partial charge in [0.25, 0.3) is 0 Å². The molecule has 0 aliphatic heterocycles. The first-order chi connectivity index (χ1) is 11.6. The number of guanidine groups is 1. The van der Waals surface area contributed by atoms with Crippen LogP contribution in [0.4, 0.5) is 5.69 Å². The fourth-order valence-electron chi connectivity index (χ4n) is 2.49. The Morgan fingerprint density at radius 1 is 1.25 bits per heavy atom. The molecular formula is C19H24N4O. The van der Waals surface area contributed by atoms with Gasteiger partial charge in [0.1, 0.15) is 0 Å². The minimum atomic E-state index is 0.397. The van der Waals surface area contributed by atoms with Gasteiger partial charge in [-0.05, 0) is 61.4 Å². The van der Waals surface area contributed by atoms with E-state index in [9.17, 15) is 0 Å². The average molecular weight is 324 g/mol. The smallest absolute Gasteiger partial charge is 0.213 e. The molecule has 2 aromatic rings. The number of nitrogens with two attached hydrogens (primary N) is 1. The SMILES string of the molecule is Cc1cc(C)cc(NC(N)=NCc2ccc(OCC3CC3)nc2)c1. The Labute approximate surface area is 143 Å². The summed E-state index contributed by atoms with van der Waals surface area (Å²) in [6.07, 6.45) is 4.34. The number of ether oxygens (including phenoxy) is 1. The van der Waals surface area contributed by atoms with Gasteiger partial charge < -0.3 is 15.8 Å². The summed E-state index contributed by atoms with van der Waals surface area (Å²) in [7, 11) is 0. The van der Waals surface area contributed by atoms with Crippen molar-refractivity contribution >= 4 is 11.6 Å². The van der Waals surface area contributed by atoms with E-state index < -0.39 is 0 Å². The lowest BCUT2D eigenvalue weighted by atomic mass is 10.1. The summed E-state index contributed by atoms with van der Waals surface area (Å²) >= 11 is 0. The molecule has 0 spiro atoms. The van der Waals surface area contributed by atoms with E-state index in [0.717, 1.165) is 23.8 Å². The fourth-order valence-corrected chi connectivity index (χ4v) is 2.49. The molecule has 126 valence electrons. The average Bonchev–Trinajstić information content (AvgIpc) is 3.35. The molecule has 0 radical (unpaired) electrons. The molecule has 1 aliphatic carbocycles. The first-order valence-electron chi connectivity index (χ1n) is 8.31. The van der Waals surface area contributed by atoms with Crippen molar-refractivity contribution in [3.63, 3.8) is 0 Å². The summed E-state index contributed by atoms with van der Waals surface area (Å²) in [6, 6.07) is 10.1. The van der Waals surface area contributed by atoms with E-state index in [4.69, 9.17) is 10.5 Å². The normalized spacial score (nSPS) is 14.5. The number of pyridine rings is 1. The summed E-state index contributed by atoms with van der Waals surface area (Å²) < 4.78 is 5.63. The molecule has 0 bridgehead atoms. The van der Waals surface area contributed by atoms with Crippen LogP contribution in [-0.4, -0.2) is 17.6 Å². The maximum absolute atomic E-state index is 5.97. The van der Waals surface area contributed by atoms with E-state index in [2.05, 4.69) is 35.2 Å². The van der Waals surface area contributed by atoms with Crippen molar-refractivity contribution in [1.82, 2.24) is 4.98 Å². The van der Waals surface area contributed by atoms with Crippen LogP contribution >= 0.6 is 0 Å². The number of nitrogens with one attached hydrogen (secondary N) is 1. The van der Waals surface area contributed by atoms with Crippen molar-refractivity contribution in [2.75, 3.05) is 11.9 Å². The minimum absolute atomic E-state index is 0.397. The van der Waals surface area contributed by atoms with E-state index in [1.807, 2.05) is 24.3 Å². The van der Waals surface area contributed by atoms with Gasteiger partial charge in [0.2, 0.25) is 5.88 Å². The second-order valence-corrected chi connectivity index (χ2v) is 6.46. The van der Waals surface area contributed by atoms with Crippen LogP contribution in [0.25, 0.3) is 0 Å². The van der Waals surface area contributed by atoms with Crippen LogP contribution in [0.2, 0.25) is 0 Å². The summed E-state index contributed by atoms with van der Waals surface area (Å²) in [5.41, 5.74) is 10.3. The number of anilines is 1. The van der Waals surface area contributed by atoms with Crippen LogP contribution in [-0.2, 0) is 6.54 Å². The third kappa shape index (κ3) is 4.98. The second-order valence-electron chi connectivity index (χ2n) is 6.46. The molecule has 1 saturated carbocycles. The molecule has 1 aromatic carbocycles. The Bertz CT molecular complexity index is 700. The zero-order chi connectivity index (χ0) is 16.9. The lowest BCUT2D eigenvalue weighted by Gasteiger charge is -2.08. The van der Waals surface area contributed by atoms with E-state index in [1.165, 1.54) is 24.0 Å². The number of benzene rings is 1. The summed E-state index contributed by atoms with van der Waals surface area (Å²) in [5, 5.41) is 3.13. The van der Waals surface area contributed by atoms with Crippen LogP contribution in [0, 0.1) is 19.8 Å². The Balaban J connectivity index is 1.53. The summed E-state index contributed by atoms with van der Waals surface area (Å²) in [5.74, 6) is 1.80.